The smallest absolute Gasteiger partial charge is 0.291 e. The van der Waals surface area contributed by atoms with E-state index < -0.39 is 5.91 Å². The minimum Gasteiger partial charge on any atom is -0.455 e. The lowest BCUT2D eigenvalue weighted by Gasteiger charge is -2.05. The third-order valence-corrected chi connectivity index (χ3v) is 3.56. The number of carbonyl (C=O) groups is 1. The number of aromatic nitrogens is 2. The van der Waals surface area contributed by atoms with Gasteiger partial charge in [0.25, 0.3) is 5.91 Å². The third-order valence-electron chi connectivity index (χ3n) is 2.70. The zero-order valence-corrected chi connectivity index (χ0v) is 11.7. The molecule has 3 N–H and O–H groups in total. The van der Waals surface area contributed by atoms with Gasteiger partial charge in [0.15, 0.2) is 5.76 Å². The van der Waals surface area contributed by atoms with Gasteiger partial charge in [-0.1, -0.05) is 11.6 Å². The van der Waals surface area contributed by atoms with E-state index in [9.17, 15) is 4.79 Å². The molecule has 2 aromatic heterocycles. The second-order valence-electron chi connectivity index (χ2n) is 3.98. The Hall–Kier alpha value is -1.96. The van der Waals surface area contributed by atoms with Crippen LogP contribution in [0.2, 0.25) is 5.02 Å². The van der Waals surface area contributed by atoms with Crippen molar-refractivity contribution >= 4 is 46.0 Å². The van der Waals surface area contributed by atoms with Crippen LogP contribution in [-0.4, -0.2) is 14.7 Å². The van der Waals surface area contributed by atoms with Crippen LogP contribution in [0.15, 0.2) is 28.7 Å². The summed E-state index contributed by atoms with van der Waals surface area (Å²) in [5, 5.41) is 3.08. The van der Waals surface area contributed by atoms with Crippen LogP contribution in [0, 0.1) is 0 Å². The largest absolute Gasteiger partial charge is 0.455 e. The maximum Gasteiger partial charge on any atom is 0.291 e. The maximum absolute atomic E-state index is 12.1. The molecule has 0 spiro atoms. The predicted molar refractivity (Wildman–Crippen MR) is 77.0 cm³/mol. The SMILES string of the molecule is NCc1ccc(C(=O)Nc2c(Cl)ccc3nsnc23)o1. The number of halogens is 1. The molecular formula is C12H9ClN4O2S. The number of anilines is 1. The highest BCUT2D eigenvalue weighted by Gasteiger charge is 2.16. The fourth-order valence-electron chi connectivity index (χ4n) is 1.73. The number of fused-ring (bicyclic) bond motifs is 1. The fourth-order valence-corrected chi connectivity index (χ4v) is 2.47. The Morgan fingerprint density at radius 2 is 2.20 bits per heavy atom. The summed E-state index contributed by atoms with van der Waals surface area (Å²) in [6, 6.07) is 6.62. The molecular weight excluding hydrogens is 300 g/mol. The van der Waals surface area contributed by atoms with E-state index >= 15 is 0 Å². The number of rotatable bonds is 3. The van der Waals surface area contributed by atoms with Crippen molar-refractivity contribution < 1.29 is 9.21 Å². The number of hydrogen-bond donors (Lipinski definition) is 2. The quantitative estimate of drug-likeness (QED) is 0.775. The molecule has 0 bridgehead atoms. The first-order chi connectivity index (χ1) is 9.69. The van der Waals surface area contributed by atoms with Gasteiger partial charge in [-0.2, -0.15) is 8.75 Å². The van der Waals surface area contributed by atoms with E-state index in [1.807, 2.05) is 0 Å². The summed E-state index contributed by atoms with van der Waals surface area (Å²) in [6.45, 7) is 0.236. The van der Waals surface area contributed by atoms with Crippen LogP contribution in [0.1, 0.15) is 16.3 Å². The molecule has 1 aromatic carbocycles. The third kappa shape index (κ3) is 2.26. The number of furan rings is 1. The van der Waals surface area contributed by atoms with Gasteiger partial charge in [-0.15, -0.1) is 0 Å². The Kier molecular flexibility index (Phi) is 3.39. The van der Waals surface area contributed by atoms with Crippen LogP contribution in [0.4, 0.5) is 5.69 Å². The van der Waals surface area contributed by atoms with Crippen LogP contribution in [0.25, 0.3) is 11.0 Å². The Bertz CT molecular complexity index is 783. The summed E-state index contributed by atoms with van der Waals surface area (Å²) < 4.78 is 13.5. The van der Waals surface area contributed by atoms with Crippen LogP contribution in [0.5, 0.6) is 0 Å². The predicted octanol–water partition coefficient (Wildman–Crippen LogP) is 2.65. The van der Waals surface area contributed by atoms with Crippen molar-refractivity contribution in [1.29, 1.82) is 0 Å². The number of nitrogens with zero attached hydrogens (tertiary/aromatic N) is 2. The zero-order valence-electron chi connectivity index (χ0n) is 10.1. The minimum atomic E-state index is -0.410. The molecule has 0 atom stereocenters. The number of carbonyl (C=O) groups excluding carboxylic acids is 1. The molecule has 102 valence electrons. The molecule has 0 aliphatic heterocycles. The Balaban J connectivity index is 1.94. The van der Waals surface area contributed by atoms with Gasteiger partial charge in [0.05, 0.1) is 29.0 Å². The average molecular weight is 309 g/mol. The Morgan fingerprint density at radius 1 is 1.35 bits per heavy atom. The maximum atomic E-state index is 12.1. The van der Waals surface area contributed by atoms with Crippen LogP contribution in [-0.2, 0) is 6.54 Å². The first-order valence-corrected chi connectivity index (χ1v) is 6.81. The van der Waals surface area contributed by atoms with Gasteiger partial charge >= 0.3 is 0 Å². The highest BCUT2D eigenvalue weighted by molar-refractivity contribution is 7.00. The van der Waals surface area contributed by atoms with E-state index in [1.165, 1.54) is 0 Å². The summed E-state index contributed by atoms with van der Waals surface area (Å²) >= 11 is 7.15. The molecule has 1 amide bonds. The van der Waals surface area contributed by atoms with Gasteiger partial charge < -0.3 is 15.5 Å². The van der Waals surface area contributed by atoms with E-state index in [0.717, 1.165) is 11.7 Å². The molecule has 0 radical (unpaired) electrons. The van der Waals surface area contributed by atoms with Crippen molar-refractivity contribution in [3.8, 4) is 0 Å². The second-order valence-corrected chi connectivity index (χ2v) is 4.91. The summed E-state index contributed by atoms with van der Waals surface area (Å²) in [7, 11) is 0. The van der Waals surface area contributed by atoms with Crippen LogP contribution < -0.4 is 11.1 Å². The summed E-state index contributed by atoms with van der Waals surface area (Å²) in [5.41, 5.74) is 7.10. The molecule has 0 aliphatic rings. The lowest BCUT2D eigenvalue weighted by molar-refractivity contribution is 0.0995. The topological polar surface area (TPSA) is 94.0 Å². The Morgan fingerprint density at radius 3 is 2.95 bits per heavy atom. The monoisotopic (exact) mass is 308 g/mol. The van der Waals surface area contributed by atoms with Gasteiger partial charge in [-0.05, 0) is 24.3 Å². The Labute approximate surface area is 122 Å². The average Bonchev–Trinajstić information content (AvgIpc) is 3.09. The normalized spacial score (nSPS) is 10.9. The molecule has 2 heterocycles. The number of hydrogen-bond acceptors (Lipinski definition) is 6. The molecule has 20 heavy (non-hydrogen) atoms. The summed E-state index contributed by atoms with van der Waals surface area (Å²) in [5.74, 6) is 0.295. The number of nitrogens with two attached hydrogens (primary N) is 1. The molecule has 8 heteroatoms. The fraction of sp³-hybridized carbons (Fsp3) is 0.0833. The molecule has 0 fully saturated rings. The van der Waals surface area contributed by atoms with E-state index in [-0.39, 0.29) is 12.3 Å². The first kappa shape index (κ1) is 13.0. The summed E-state index contributed by atoms with van der Waals surface area (Å²) in [4.78, 5) is 12.1. The van der Waals surface area contributed by atoms with E-state index in [1.54, 1.807) is 24.3 Å². The van der Waals surface area contributed by atoms with Gasteiger partial charge in [0, 0.05) is 0 Å². The molecule has 0 unspecified atom stereocenters. The highest BCUT2D eigenvalue weighted by atomic mass is 35.5. The lowest BCUT2D eigenvalue weighted by atomic mass is 10.2. The first-order valence-electron chi connectivity index (χ1n) is 5.70. The van der Waals surface area contributed by atoms with Crippen molar-refractivity contribution in [1.82, 2.24) is 8.75 Å². The molecule has 3 aromatic rings. The summed E-state index contributed by atoms with van der Waals surface area (Å²) in [6.07, 6.45) is 0. The van der Waals surface area contributed by atoms with Crippen molar-refractivity contribution in [2.24, 2.45) is 5.73 Å². The minimum absolute atomic E-state index is 0.168. The van der Waals surface area contributed by atoms with E-state index in [4.69, 9.17) is 21.8 Å². The van der Waals surface area contributed by atoms with Crippen LogP contribution in [0.3, 0.4) is 0 Å². The van der Waals surface area contributed by atoms with Crippen LogP contribution >= 0.6 is 23.3 Å². The van der Waals surface area contributed by atoms with Gasteiger partial charge in [-0.25, -0.2) is 0 Å². The number of amides is 1. The molecule has 3 rings (SSSR count). The van der Waals surface area contributed by atoms with Gasteiger partial charge in [-0.3, -0.25) is 4.79 Å². The highest BCUT2D eigenvalue weighted by Crippen LogP contribution is 2.30. The number of benzene rings is 1. The lowest BCUT2D eigenvalue weighted by Crippen LogP contribution is -2.11. The molecule has 0 saturated carbocycles. The van der Waals surface area contributed by atoms with Gasteiger partial charge in [0.2, 0.25) is 0 Å². The zero-order chi connectivity index (χ0) is 14.1. The second kappa shape index (κ2) is 5.20. The van der Waals surface area contributed by atoms with Crippen molar-refractivity contribution in [2.75, 3.05) is 5.32 Å². The van der Waals surface area contributed by atoms with E-state index in [2.05, 4.69) is 14.1 Å². The van der Waals surface area contributed by atoms with Crippen molar-refractivity contribution in [3.05, 3.63) is 40.8 Å². The molecule has 0 saturated heterocycles. The van der Waals surface area contributed by atoms with E-state index in [0.29, 0.717) is 27.5 Å². The molecule has 0 aliphatic carbocycles. The van der Waals surface area contributed by atoms with Crippen molar-refractivity contribution in [3.63, 3.8) is 0 Å². The molecule has 6 nitrogen and oxygen atoms in total. The number of nitrogens with one attached hydrogen (secondary N) is 1. The standard InChI is InChI=1S/C12H9ClN4O2S/c13-7-2-3-8-11(17-20-16-8)10(7)15-12(18)9-4-1-6(5-14)19-9/h1-4H,5,14H2,(H,15,18). The van der Waals surface area contributed by atoms with Gasteiger partial charge in [0.1, 0.15) is 16.8 Å². The van der Waals surface area contributed by atoms with Crippen molar-refractivity contribution in [2.45, 2.75) is 6.54 Å².